The Morgan fingerprint density at radius 1 is 1.45 bits per heavy atom. The number of ether oxygens (including phenoxy) is 1. The molecule has 0 aromatic heterocycles. The van der Waals surface area contributed by atoms with Gasteiger partial charge in [0.2, 0.25) is 5.91 Å². The molecule has 1 amide bonds. The summed E-state index contributed by atoms with van der Waals surface area (Å²) in [7, 11) is 0. The lowest BCUT2D eigenvalue weighted by Gasteiger charge is -2.21. The van der Waals surface area contributed by atoms with Crippen LogP contribution >= 0.6 is 22.6 Å². The summed E-state index contributed by atoms with van der Waals surface area (Å²) in [5.41, 5.74) is 0.700. The Morgan fingerprint density at radius 3 is 2.80 bits per heavy atom. The highest BCUT2D eigenvalue weighted by Gasteiger charge is 2.33. The lowest BCUT2D eigenvalue weighted by Crippen LogP contribution is -2.34. The van der Waals surface area contributed by atoms with Gasteiger partial charge >= 0.3 is 5.97 Å². The Hall–Kier alpha value is -1.15. The third-order valence-corrected chi connectivity index (χ3v) is 4.22. The number of benzene rings is 1. The van der Waals surface area contributed by atoms with Crippen molar-refractivity contribution in [2.24, 2.45) is 5.92 Å². The molecule has 0 bridgehead atoms. The normalized spacial score (nSPS) is 19.6. The van der Waals surface area contributed by atoms with Crippen LogP contribution in [0.4, 0.5) is 5.69 Å². The zero-order valence-electron chi connectivity index (χ0n) is 10.8. The van der Waals surface area contributed by atoms with Gasteiger partial charge in [0.15, 0.2) is 0 Å². The predicted octanol–water partition coefficient (Wildman–Crippen LogP) is 2.50. The summed E-state index contributed by atoms with van der Waals surface area (Å²) in [6.07, 6.45) is 1.10. The summed E-state index contributed by atoms with van der Waals surface area (Å²) in [5.74, 6) is -1.92. The highest BCUT2D eigenvalue weighted by atomic mass is 127. The maximum Gasteiger partial charge on any atom is 0.304 e. The minimum absolute atomic E-state index is 0.208. The summed E-state index contributed by atoms with van der Waals surface area (Å²) in [6, 6.07) is 7.39. The van der Waals surface area contributed by atoms with Crippen molar-refractivity contribution in [2.75, 3.05) is 11.9 Å². The number of hydrogen-bond acceptors (Lipinski definition) is 3. The first-order chi connectivity index (χ1) is 9.58. The van der Waals surface area contributed by atoms with Crippen LogP contribution in [0.1, 0.15) is 19.3 Å². The lowest BCUT2D eigenvalue weighted by molar-refractivity contribution is -0.142. The van der Waals surface area contributed by atoms with Gasteiger partial charge in [0.05, 0.1) is 24.1 Å². The molecule has 1 aromatic rings. The van der Waals surface area contributed by atoms with Crippen molar-refractivity contribution in [3.05, 3.63) is 27.8 Å². The first-order valence-electron chi connectivity index (χ1n) is 6.46. The molecule has 1 aliphatic rings. The van der Waals surface area contributed by atoms with Crippen molar-refractivity contribution >= 4 is 40.2 Å². The quantitative estimate of drug-likeness (QED) is 0.759. The highest BCUT2D eigenvalue weighted by Crippen LogP contribution is 2.25. The van der Waals surface area contributed by atoms with Crippen LogP contribution < -0.4 is 5.32 Å². The lowest BCUT2D eigenvalue weighted by atomic mass is 9.95. The molecule has 0 spiro atoms. The van der Waals surface area contributed by atoms with Crippen LogP contribution in [0.5, 0.6) is 0 Å². The van der Waals surface area contributed by atoms with E-state index < -0.39 is 11.9 Å². The number of halogens is 1. The number of carboxylic acid groups (broad SMARTS) is 1. The molecule has 108 valence electrons. The molecule has 2 N–H and O–H groups in total. The second kappa shape index (κ2) is 7.03. The van der Waals surface area contributed by atoms with Crippen molar-refractivity contribution in [3.63, 3.8) is 0 Å². The SMILES string of the molecule is O=C(O)C[C@@H](C(=O)Nc1ccccc1I)[C@H]1CCCO1. The Bertz CT molecular complexity index is 500. The van der Waals surface area contributed by atoms with Crippen LogP contribution in [0.2, 0.25) is 0 Å². The first kappa shape index (κ1) is 15.2. The summed E-state index contributed by atoms with van der Waals surface area (Å²) >= 11 is 2.13. The van der Waals surface area contributed by atoms with Crippen molar-refractivity contribution < 1.29 is 19.4 Å². The molecule has 2 atom stereocenters. The zero-order chi connectivity index (χ0) is 14.5. The van der Waals surface area contributed by atoms with Gasteiger partial charge in [-0.25, -0.2) is 0 Å². The Kier molecular flexibility index (Phi) is 5.36. The average molecular weight is 389 g/mol. The molecule has 20 heavy (non-hydrogen) atoms. The number of para-hydroxylation sites is 1. The topological polar surface area (TPSA) is 75.6 Å². The summed E-state index contributed by atoms with van der Waals surface area (Å²) in [6.45, 7) is 0.594. The minimum Gasteiger partial charge on any atom is -0.481 e. The van der Waals surface area contributed by atoms with Crippen molar-refractivity contribution in [3.8, 4) is 0 Å². The molecule has 1 aliphatic heterocycles. The third kappa shape index (κ3) is 3.92. The Labute approximate surface area is 130 Å². The van der Waals surface area contributed by atoms with Gasteiger partial charge in [-0.3, -0.25) is 9.59 Å². The van der Waals surface area contributed by atoms with E-state index in [-0.39, 0.29) is 18.4 Å². The van der Waals surface area contributed by atoms with E-state index in [9.17, 15) is 9.59 Å². The molecule has 1 fully saturated rings. The van der Waals surface area contributed by atoms with Gasteiger partial charge in [-0.05, 0) is 47.6 Å². The van der Waals surface area contributed by atoms with Crippen LogP contribution in [-0.4, -0.2) is 29.7 Å². The van der Waals surface area contributed by atoms with E-state index in [1.807, 2.05) is 18.2 Å². The second-order valence-corrected chi connectivity index (χ2v) is 5.89. The standard InChI is InChI=1S/C14H16INO4/c15-10-4-1-2-5-11(10)16-14(19)9(8-13(17)18)12-6-3-7-20-12/h1-2,4-5,9,12H,3,6-8H2,(H,16,19)(H,17,18)/t9-,12-/m1/s1. The molecule has 0 radical (unpaired) electrons. The molecule has 5 nitrogen and oxygen atoms in total. The summed E-state index contributed by atoms with van der Waals surface area (Å²) < 4.78 is 6.40. The van der Waals surface area contributed by atoms with Gasteiger partial charge < -0.3 is 15.2 Å². The fourth-order valence-corrected chi connectivity index (χ4v) is 2.81. The number of amides is 1. The number of carboxylic acids is 1. The van der Waals surface area contributed by atoms with Crippen LogP contribution in [0.15, 0.2) is 24.3 Å². The van der Waals surface area contributed by atoms with E-state index in [0.717, 1.165) is 16.4 Å². The monoisotopic (exact) mass is 389 g/mol. The molecular formula is C14H16INO4. The summed E-state index contributed by atoms with van der Waals surface area (Å²) in [4.78, 5) is 23.3. The third-order valence-electron chi connectivity index (χ3n) is 3.28. The van der Waals surface area contributed by atoms with Crippen molar-refractivity contribution in [1.29, 1.82) is 0 Å². The maximum absolute atomic E-state index is 12.3. The van der Waals surface area contributed by atoms with E-state index in [1.54, 1.807) is 6.07 Å². The van der Waals surface area contributed by atoms with Gasteiger partial charge in [-0.1, -0.05) is 12.1 Å². The van der Waals surface area contributed by atoms with E-state index >= 15 is 0 Å². The molecule has 0 saturated carbocycles. The molecular weight excluding hydrogens is 373 g/mol. The van der Waals surface area contributed by atoms with Gasteiger partial charge in [-0.2, -0.15) is 0 Å². The molecule has 1 heterocycles. The molecule has 0 unspecified atom stereocenters. The summed E-state index contributed by atoms with van der Waals surface area (Å²) in [5, 5.41) is 11.8. The second-order valence-electron chi connectivity index (χ2n) is 4.72. The van der Waals surface area contributed by atoms with Gasteiger partial charge in [-0.15, -0.1) is 0 Å². The van der Waals surface area contributed by atoms with E-state index in [2.05, 4.69) is 27.9 Å². The molecule has 1 aromatic carbocycles. The van der Waals surface area contributed by atoms with Gasteiger partial charge in [0, 0.05) is 10.2 Å². The van der Waals surface area contributed by atoms with Crippen LogP contribution in [-0.2, 0) is 14.3 Å². The number of aliphatic carboxylic acids is 1. The van der Waals surface area contributed by atoms with Crippen LogP contribution in [0.25, 0.3) is 0 Å². The van der Waals surface area contributed by atoms with Gasteiger partial charge in [0.1, 0.15) is 0 Å². The predicted molar refractivity (Wildman–Crippen MR) is 82.5 cm³/mol. The molecule has 1 saturated heterocycles. The average Bonchev–Trinajstić information content (AvgIpc) is 2.92. The van der Waals surface area contributed by atoms with Crippen LogP contribution in [0.3, 0.4) is 0 Å². The number of carbonyl (C=O) groups is 2. The number of hydrogen-bond donors (Lipinski definition) is 2. The highest BCUT2D eigenvalue weighted by molar-refractivity contribution is 14.1. The Balaban J connectivity index is 2.09. The van der Waals surface area contributed by atoms with E-state index in [4.69, 9.17) is 9.84 Å². The smallest absolute Gasteiger partial charge is 0.304 e. The zero-order valence-corrected chi connectivity index (χ0v) is 13.0. The maximum atomic E-state index is 12.3. The number of carbonyl (C=O) groups excluding carboxylic acids is 1. The fourth-order valence-electron chi connectivity index (χ4n) is 2.29. The molecule has 6 heteroatoms. The number of rotatable bonds is 5. The van der Waals surface area contributed by atoms with Crippen molar-refractivity contribution in [1.82, 2.24) is 0 Å². The largest absolute Gasteiger partial charge is 0.481 e. The number of nitrogens with one attached hydrogen (secondary N) is 1. The Morgan fingerprint density at radius 2 is 2.20 bits per heavy atom. The molecule has 2 rings (SSSR count). The number of anilines is 1. The fraction of sp³-hybridized carbons (Fsp3) is 0.429. The minimum atomic E-state index is -0.983. The van der Waals surface area contributed by atoms with Crippen LogP contribution in [0, 0.1) is 9.49 Å². The van der Waals surface area contributed by atoms with E-state index in [0.29, 0.717) is 12.3 Å². The van der Waals surface area contributed by atoms with E-state index in [1.165, 1.54) is 0 Å². The van der Waals surface area contributed by atoms with Crippen molar-refractivity contribution in [2.45, 2.75) is 25.4 Å². The molecule has 0 aliphatic carbocycles. The van der Waals surface area contributed by atoms with Gasteiger partial charge in [0.25, 0.3) is 0 Å². The first-order valence-corrected chi connectivity index (χ1v) is 7.54.